The van der Waals surface area contributed by atoms with Crippen molar-refractivity contribution in [3.05, 3.63) is 0 Å². The third-order valence-corrected chi connectivity index (χ3v) is 6.74. The Morgan fingerprint density at radius 3 is 1.60 bits per heavy atom. The summed E-state index contributed by atoms with van der Waals surface area (Å²) in [5.74, 6) is -2.43. The van der Waals surface area contributed by atoms with Gasteiger partial charge in [0, 0.05) is 6.42 Å². The van der Waals surface area contributed by atoms with Gasteiger partial charge in [-0.2, -0.15) is 0 Å². The maximum atomic E-state index is 13.4. The van der Waals surface area contributed by atoms with Gasteiger partial charge in [0.1, 0.15) is 0 Å². The first-order valence-electron chi connectivity index (χ1n) is 13.3. The molecule has 0 saturated heterocycles. The van der Waals surface area contributed by atoms with Crippen LogP contribution in [0.1, 0.15) is 114 Å². The molecule has 0 rings (SSSR count). The number of hydrogen-bond acceptors (Lipinski definition) is 7. The highest BCUT2D eigenvalue weighted by molar-refractivity contribution is 5.90. The highest BCUT2D eigenvalue weighted by atomic mass is 16.6. The Hall–Kier alpha value is -1.02. The molecule has 7 heteroatoms. The molecule has 0 aliphatic rings. The number of esters is 2. The molecule has 0 aromatic heterocycles. The fraction of sp³-hybridized carbons (Fsp3) is 0.929. The van der Waals surface area contributed by atoms with Crippen LogP contribution in [-0.4, -0.2) is 56.8 Å². The lowest BCUT2D eigenvalue weighted by atomic mass is 9.68. The molecule has 0 radical (unpaired) electrons. The first-order chi connectivity index (χ1) is 15.8. The second-order valence-electron chi connectivity index (χ2n) is 13.1. The van der Waals surface area contributed by atoms with E-state index in [9.17, 15) is 30.0 Å². The van der Waals surface area contributed by atoms with Crippen molar-refractivity contribution in [1.82, 2.24) is 0 Å². The average Bonchev–Trinajstić information content (AvgIpc) is 2.65. The molecular weight excluding hydrogens is 448 g/mol. The number of ether oxygens (including phenoxy) is 1. The van der Waals surface area contributed by atoms with Crippen LogP contribution in [0.3, 0.4) is 0 Å². The van der Waals surface area contributed by atoms with Gasteiger partial charge in [-0.3, -0.25) is 9.59 Å². The van der Waals surface area contributed by atoms with Gasteiger partial charge < -0.3 is 25.2 Å². The quantitative estimate of drug-likeness (QED) is 0.202. The standard InChI is InChI=1S/C28H54O7/c1-11-19(22(31)13-20(29)16-26(5,6)7)15-28(12-2,25(34)35-24(33)18(3)4)23(32)14-21(30)17-27(8,9)10/h18-23,29-32H,11-17H2,1-10H3. The maximum Gasteiger partial charge on any atom is 0.322 e. The van der Waals surface area contributed by atoms with Crippen LogP contribution in [0.4, 0.5) is 0 Å². The highest BCUT2D eigenvalue weighted by Gasteiger charge is 2.49. The number of aliphatic hydroxyl groups excluding tert-OH is 4. The molecule has 6 unspecified atom stereocenters. The average molecular weight is 503 g/mol. The summed E-state index contributed by atoms with van der Waals surface area (Å²) >= 11 is 0. The molecule has 0 aromatic rings. The molecule has 0 aliphatic carbocycles. The number of rotatable bonds is 14. The number of aliphatic hydroxyl groups is 4. The van der Waals surface area contributed by atoms with Crippen LogP contribution in [-0.2, 0) is 14.3 Å². The second kappa shape index (κ2) is 14.1. The lowest BCUT2D eigenvalue weighted by molar-refractivity contribution is -0.178. The SMILES string of the molecule is CCC(CC(CC)(C(=O)OC(=O)C(C)C)C(O)CC(O)CC(C)(C)C)C(O)CC(O)CC(C)(C)C. The summed E-state index contributed by atoms with van der Waals surface area (Å²) < 4.78 is 5.19. The van der Waals surface area contributed by atoms with Crippen LogP contribution in [0, 0.1) is 28.1 Å². The molecule has 0 spiro atoms. The zero-order valence-electron chi connectivity index (χ0n) is 23.9. The topological polar surface area (TPSA) is 124 Å². The van der Waals surface area contributed by atoms with Gasteiger partial charge in [-0.15, -0.1) is 0 Å². The summed E-state index contributed by atoms with van der Waals surface area (Å²) in [5.41, 5.74) is -1.75. The Bertz CT molecular complexity index is 647. The Labute approximate surface area is 213 Å². The minimum absolute atomic E-state index is 0.0464. The van der Waals surface area contributed by atoms with Crippen molar-refractivity contribution >= 4 is 11.9 Å². The number of carbonyl (C=O) groups excluding carboxylic acids is 2. The third kappa shape index (κ3) is 12.2. The Balaban J connectivity index is 5.98. The van der Waals surface area contributed by atoms with Crippen molar-refractivity contribution < 1.29 is 34.8 Å². The number of hydrogen-bond donors (Lipinski definition) is 4. The summed E-state index contributed by atoms with van der Waals surface area (Å²) in [6, 6.07) is 0. The van der Waals surface area contributed by atoms with Crippen LogP contribution in [0.2, 0.25) is 0 Å². The maximum absolute atomic E-state index is 13.4. The van der Waals surface area contributed by atoms with Gasteiger partial charge in [-0.1, -0.05) is 75.7 Å². The van der Waals surface area contributed by atoms with E-state index < -0.39 is 53.6 Å². The van der Waals surface area contributed by atoms with Gasteiger partial charge >= 0.3 is 11.9 Å². The first kappa shape index (κ1) is 34.0. The molecular formula is C28H54O7. The molecule has 4 N–H and O–H groups in total. The molecule has 35 heavy (non-hydrogen) atoms. The zero-order chi connectivity index (χ0) is 27.8. The predicted molar refractivity (Wildman–Crippen MR) is 138 cm³/mol. The van der Waals surface area contributed by atoms with Gasteiger partial charge in [-0.25, -0.2) is 0 Å². The van der Waals surface area contributed by atoms with Crippen molar-refractivity contribution in [3.63, 3.8) is 0 Å². The van der Waals surface area contributed by atoms with Crippen LogP contribution < -0.4 is 0 Å². The molecule has 0 saturated carbocycles. The van der Waals surface area contributed by atoms with E-state index in [0.29, 0.717) is 19.3 Å². The lowest BCUT2D eigenvalue weighted by Crippen LogP contribution is -2.48. The van der Waals surface area contributed by atoms with Crippen LogP contribution in [0.5, 0.6) is 0 Å². The second-order valence-corrected chi connectivity index (χ2v) is 13.1. The molecule has 0 amide bonds. The summed E-state index contributed by atoms with van der Waals surface area (Å²) in [6.45, 7) is 18.9. The molecule has 0 aromatic carbocycles. The molecule has 0 aliphatic heterocycles. The largest absolute Gasteiger partial charge is 0.393 e. The molecule has 208 valence electrons. The normalized spacial score (nSPS) is 18.9. The van der Waals surface area contributed by atoms with E-state index in [1.54, 1.807) is 20.8 Å². The fourth-order valence-corrected chi connectivity index (χ4v) is 4.75. The van der Waals surface area contributed by atoms with Crippen molar-refractivity contribution in [2.45, 2.75) is 139 Å². The van der Waals surface area contributed by atoms with Crippen molar-refractivity contribution in [2.24, 2.45) is 28.1 Å². The Morgan fingerprint density at radius 1 is 0.771 bits per heavy atom. The van der Waals surface area contributed by atoms with Gasteiger partial charge in [0.15, 0.2) is 0 Å². The van der Waals surface area contributed by atoms with Crippen molar-refractivity contribution in [1.29, 1.82) is 0 Å². The van der Waals surface area contributed by atoms with Gasteiger partial charge in [0.2, 0.25) is 0 Å². The van der Waals surface area contributed by atoms with Crippen molar-refractivity contribution in [3.8, 4) is 0 Å². The van der Waals surface area contributed by atoms with Crippen LogP contribution in [0.15, 0.2) is 0 Å². The Morgan fingerprint density at radius 2 is 1.23 bits per heavy atom. The lowest BCUT2D eigenvalue weighted by Gasteiger charge is -2.40. The summed E-state index contributed by atoms with van der Waals surface area (Å²) in [5, 5.41) is 43.4. The smallest absolute Gasteiger partial charge is 0.322 e. The minimum Gasteiger partial charge on any atom is -0.393 e. The summed E-state index contributed by atoms with van der Waals surface area (Å²) in [4.78, 5) is 25.6. The van der Waals surface area contributed by atoms with E-state index >= 15 is 0 Å². The van der Waals surface area contributed by atoms with E-state index in [2.05, 4.69) is 0 Å². The zero-order valence-corrected chi connectivity index (χ0v) is 23.9. The molecule has 0 bridgehead atoms. The summed E-state index contributed by atoms with van der Waals surface area (Å²) in [7, 11) is 0. The minimum atomic E-state index is -1.47. The van der Waals surface area contributed by atoms with Crippen LogP contribution >= 0.6 is 0 Å². The van der Waals surface area contributed by atoms with Crippen LogP contribution in [0.25, 0.3) is 0 Å². The fourth-order valence-electron chi connectivity index (χ4n) is 4.75. The van der Waals surface area contributed by atoms with Gasteiger partial charge in [0.05, 0.1) is 35.7 Å². The van der Waals surface area contributed by atoms with E-state index in [0.717, 1.165) is 0 Å². The Kier molecular flexibility index (Phi) is 13.6. The van der Waals surface area contributed by atoms with E-state index in [-0.39, 0.29) is 36.5 Å². The summed E-state index contributed by atoms with van der Waals surface area (Å²) in [6.07, 6.45) is -1.89. The first-order valence-corrected chi connectivity index (χ1v) is 13.3. The number of carbonyl (C=O) groups is 2. The van der Waals surface area contributed by atoms with Crippen molar-refractivity contribution in [2.75, 3.05) is 0 Å². The third-order valence-electron chi connectivity index (χ3n) is 6.74. The van der Waals surface area contributed by atoms with Gasteiger partial charge in [-0.05, 0) is 48.9 Å². The molecule has 0 heterocycles. The van der Waals surface area contributed by atoms with Gasteiger partial charge in [0.25, 0.3) is 0 Å². The monoisotopic (exact) mass is 502 g/mol. The molecule has 6 atom stereocenters. The van der Waals surface area contributed by atoms with E-state index in [1.807, 2.05) is 48.5 Å². The predicted octanol–water partition coefficient (Wildman–Crippen LogP) is 4.62. The molecule has 7 nitrogen and oxygen atoms in total. The van der Waals surface area contributed by atoms with E-state index in [1.165, 1.54) is 0 Å². The van der Waals surface area contributed by atoms with E-state index in [4.69, 9.17) is 4.74 Å². The molecule has 0 fully saturated rings. The highest BCUT2D eigenvalue weighted by Crippen LogP contribution is 2.41.